The van der Waals surface area contributed by atoms with Crippen LogP contribution < -0.4 is 0 Å². The third-order valence-electron chi connectivity index (χ3n) is 6.56. The Morgan fingerprint density at radius 2 is 1.81 bits per heavy atom. The van der Waals surface area contributed by atoms with E-state index in [1.165, 1.54) is 16.7 Å². The zero-order chi connectivity index (χ0) is 22.8. The number of hydrogen-bond donors (Lipinski definition) is 1. The van der Waals surface area contributed by atoms with Gasteiger partial charge in [-0.2, -0.15) is 0 Å². The van der Waals surface area contributed by atoms with Gasteiger partial charge in [0, 0.05) is 52.0 Å². The van der Waals surface area contributed by atoms with Crippen molar-refractivity contribution in [3.8, 4) is 0 Å². The van der Waals surface area contributed by atoms with Crippen molar-refractivity contribution < 1.29 is 14.7 Å². The van der Waals surface area contributed by atoms with Crippen LogP contribution in [0.5, 0.6) is 0 Å². The summed E-state index contributed by atoms with van der Waals surface area (Å²) in [6, 6.07) is 6.23. The van der Waals surface area contributed by atoms with E-state index in [0.29, 0.717) is 31.8 Å². The van der Waals surface area contributed by atoms with E-state index in [2.05, 4.69) is 44.0 Å². The number of carboxylic acid groups (broad SMARTS) is 1. The normalized spacial score (nSPS) is 18.6. The maximum atomic E-state index is 12.5. The number of benzene rings is 1. The molecule has 0 spiro atoms. The van der Waals surface area contributed by atoms with Crippen molar-refractivity contribution in [3.05, 3.63) is 60.7 Å². The summed E-state index contributed by atoms with van der Waals surface area (Å²) in [5.41, 5.74) is 4.92. The highest BCUT2D eigenvalue weighted by Gasteiger charge is 2.36. The maximum absolute atomic E-state index is 12.5. The van der Waals surface area contributed by atoms with Gasteiger partial charge in [0.15, 0.2) is 0 Å². The number of carboxylic acids is 1. The van der Waals surface area contributed by atoms with E-state index in [1.807, 2.05) is 17.2 Å². The van der Waals surface area contributed by atoms with Crippen molar-refractivity contribution in [2.45, 2.75) is 50.9 Å². The van der Waals surface area contributed by atoms with E-state index >= 15 is 0 Å². The number of aryl methyl sites for hydroxylation is 2. The lowest BCUT2D eigenvalue weighted by Gasteiger charge is -2.37. The van der Waals surface area contributed by atoms with E-state index in [4.69, 9.17) is 21.7 Å². The van der Waals surface area contributed by atoms with Crippen molar-refractivity contribution in [1.82, 2.24) is 9.88 Å². The third kappa shape index (κ3) is 5.20. The number of aromatic nitrogens is 1. The molecule has 1 atom stereocenters. The highest BCUT2D eigenvalue weighted by molar-refractivity contribution is 9.10. The molecule has 0 unspecified atom stereocenters. The van der Waals surface area contributed by atoms with Crippen LogP contribution >= 0.6 is 43.5 Å². The van der Waals surface area contributed by atoms with Crippen LogP contribution in [0.1, 0.15) is 60.4 Å². The second-order valence-corrected chi connectivity index (χ2v) is 10.8. The number of hydrogen-bond acceptors (Lipinski definition) is 3. The van der Waals surface area contributed by atoms with Crippen molar-refractivity contribution >= 4 is 55.3 Å². The van der Waals surface area contributed by atoms with Crippen molar-refractivity contribution in [2.24, 2.45) is 5.92 Å². The van der Waals surface area contributed by atoms with Crippen LogP contribution in [-0.4, -0.2) is 40.0 Å². The quantitative estimate of drug-likeness (QED) is 0.469. The first-order valence-electron chi connectivity index (χ1n) is 10.9. The summed E-state index contributed by atoms with van der Waals surface area (Å²) in [6.45, 7) is 1.39. The molecule has 0 saturated carbocycles. The number of aliphatic carboxylic acids is 1. The summed E-state index contributed by atoms with van der Waals surface area (Å²) in [6.07, 6.45) is 6.21. The molecule has 4 rings (SSSR count). The van der Waals surface area contributed by atoms with Crippen molar-refractivity contribution in [2.75, 3.05) is 13.1 Å². The highest BCUT2D eigenvalue weighted by atomic mass is 79.9. The van der Waals surface area contributed by atoms with Gasteiger partial charge in [-0.3, -0.25) is 14.6 Å². The van der Waals surface area contributed by atoms with Gasteiger partial charge in [-0.25, -0.2) is 0 Å². The van der Waals surface area contributed by atoms with E-state index in [0.717, 1.165) is 45.3 Å². The number of rotatable bonds is 5. The molecule has 8 heteroatoms. The molecule has 0 bridgehead atoms. The summed E-state index contributed by atoms with van der Waals surface area (Å²) in [5, 5.41) is 9.54. The van der Waals surface area contributed by atoms with Crippen LogP contribution in [-0.2, 0) is 22.4 Å². The van der Waals surface area contributed by atoms with Crippen LogP contribution in [0.4, 0.5) is 0 Å². The zero-order valence-corrected chi connectivity index (χ0v) is 21.5. The lowest BCUT2D eigenvalue weighted by Crippen LogP contribution is -2.40. The van der Waals surface area contributed by atoms with Crippen LogP contribution in [0.15, 0.2) is 33.3 Å². The zero-order valence-electron chi connectivity index (χ0n) is 17.6. The topological polar surface area (TPSA) is 70.5 Å². The number of halogens is 3. The Balaban J connectivity index is 1.58. The SMILES string of the molecule is O=C(O)CCCC(=O)N1CCC([C@H]2c3ncc(Br)cc3CCc3cc(Cl)cc(Br)c32)CC1. The predicted octanol–water partition coefficient (Wildman–Crippen LogP) is 5.98. The fraction of sp³-hybridized carbons (Fsp3) is 0.458. The molecule has 1 amide bonds. The van der Waals surface area contributed by atoms with Gasteiger partial charge in [0.1, 0.15) is 0 Å². The minimum absolute atomic E-state index is 0.0374. The molecule has 2 heterocycles. The Bertz CT molecular complexity index is 1040. The van der Waals surface area contributed by atoms with E-state index in [9.17, 15) is 9.59 Å². The third-order valence-corrected chi connectivity index (χ3v) is 7.87. The van der Waals surface area contributed by atoms with Gasteiger partial charge in [0.25, 0.3) is 0 Å². The molecular weight excluding hydrogens is 560 g/mol. The monoisotopic (exact) mass is 582 g/mol. The summed E-state index contributed by atoms with van der Waals surface area (Å²) < 4.78 is 2.01. The Hall–Kier alpha value is -1.44. The molecule has 1 aromatic carbocycles. The molecule has 170 valence electrons. The summed E-state index contributed by atoms with van der Waals surface area (Å²) in [7, 11) is 0. The number of likely N-dealkylation sites (tertiary alicyclic amines) is 1. The first-order valence-corrected chi connectivity index (χ1v) is 12.9. The minimum Gasteiger partial charge on any atom is -0.481 e. The first kappa shape index (κ1) is 23.7. The van der Waals surface area contributed by atoms with Gasteiger partial charge in [0.05, 0.1) is 5.69 Å². The average molecular weight is 585 g/mol. The maximum Gasteiger partial charge on any atom is 0.303 e. The second kappa shape index (κ2) is 10.2. The number of carbonyl (C=O) groups is 2. The van der Waals surface area contributed by atoms with E-state index in [1.54, 1.807) is 0 Å². The standard InChI is InChI=1S/C24H25Br2ClN2O3/c25-17-10-16-5-4-15-11-18(27)12-19(26)22(15)23(24(16)28-13-17)14-6-8-29(9-7-14)20(30)2-1-3-21(31)32/h10-14,23H,1-9H2,(H,31,32)/t23-/m1/s1. The number of amides is 1. The molecule has 2 aromatic rings. The van der Waals surface area contributed by atoms with E-state index in [-0.39, 0.29) is 18.2 Å². The molecule has 0 radical (unpaired) electrons. The van der Waals surface area contributed by atoms with Crippen molar-refractivity contribution in [3.63, 3.8) is 0 Å². The fourth-order valence-corrected chi connectivity index (χ4v) is 6.56. The van der Waals surface area contributed by atoms with Gasteiger partial charge < -0.3 is 10.0 Å². The van der Waals surface area contributed by atoms with Crippen LogP contribution in [0.2, 0.25) is 5.02 Å². The van der Waals surface area contributed by atoms with Crippen LogP contribution in [0.3, 0.4) is 0 Å². The molecule has 1 aliphatic heterocycles. The Morgan fingerprint density at radius 1 is 1.09 bits per heavy atom. The van der Waals surface area contributed by atoms with Gasteiger partial charge in [-0.15, -0.1) is 0 Å². The lowest BCUT2D eigenvalue weighted by molar-refractivity contribution is -0.137. The smallest absolute Gasteiger partial charge is 0.303 e. The lowest BCUT2D eigenvalue weighted by atomic mass is 9.76. The Labute approximate surface area is 209 Å². The van der Waals surface area contributed by atoms with Crippen LogP contribution in [0.25, 0.3) is 0 Å². The molecule has 2 aliphatic rings. The van der Waals surface area contributed by atoms with Gasteiger partial charge in [-0.1, -0.05) is 27.5 Å². The summed E-state index contributed by atoms with van der Waals surface area (Å²) in [5.74, 6) is -0.292. The number of nitrogens with zero attached hydrogens (tertiary/aromatic N) is 2. The van der Waals surface area contributed by atoms with Crippen molar-refractivity contribution in [1.29, 1.82) is 0 Å². The average Bonchev–Trinajstić information content (AvgIpc) is 2.90. The molecule has 5 nitrogen and oxygen atoms in total. The molecule has 1 aliphatic carbocycles. The summed E-state index contributed by atoms with van der Waals surface area (Å²) >= 11 is 13.7. The fourth-order valence-electron chi connectivity index (χ4n) is 5.06. The largest absolute Gasteiger partial charge is 0.481 e. The molecule has 1 aromatic heterocycles. The van der Waals surface area contributed by atoms with Crippen LogP contribution in [0, 0.1) is 5.92 Å². The summed E-state index contributed by atoms with van der Waals surface area (Å²) in [4.78, 5) is 30.0. The number of fused-ring (bicyclic) bond motifs is 2. The first-order chi connectivity index (χ1) is 15.3. The van der Waals surface area contributed by atoms with Gasteiger partial charge in [0.2, 0.25) is 5.91 Å². The number of carbonyl (C=O) groups excluding carboxylic acids is 1. The number of piperidine rings is 1. The Kier molecular flexibility index (Phi) is 7.58. The molecular formula is C24H25Br2ClN2O3. The highest BCUT2D eigenvalue weighted by Crippen LogP contribution is 2.46. The van der Waals surface area contributed by atoms with E-state index < -0.39 is 5.97 Å². The predicted molar refractivity (Wildman–Crippen MR) is 131 cm³/mol. The second-order valence-electron chi connectivity index (χ2n) is 8.60. The molecule has 32 heavy (non-hydrogen) atoms. The molecule has 1 N–H and O–H groups in total. The molecule has 1 saturated heterocycles. The Morgan fingerprint density at radius 3 is 2.53 bits per heavy atom. The minimum atomic E-state index is -0.855. The van der Waals surface area contributed by atoms with Gasteiger partial charge in [-0.05, 0) is 88.8 Å². The molecule has 1 fully saturated rings. The number of pyridine rings is 1. The van der Waals surface area contributed by atoms with Gasteiger partial charge >= 0.3 is 5.97 Å².